The Morgan fingerprint density at radius 1 is 1.29 bits per heavy atom. The quantitative estimate of drug-likeness (QED) is 0.459. The summed E-state index contributed by atoms with van der Waals surface area (Å²) >= 11 is 0. The molecular formula is C26H21F3N4O2. The maximum Gasteiger partial charge on any atom is 0.416 e. The van der Waals surface area contributed by atoms with Crippen LogP contribution in [-0.4, -0.2) is 34.5 Å². The molecule has 178 valence electrons. The lowest BCUT2D eigenvalue weighted by Gasteiger charge is -2.28. The molecule has 1 aliphatic carbocycles. The van der Waals surface area contributed by atoms with E-state index in [9.17, 15) is 22.8 Å². The highest BCUT2D eigenvalue weighted by Gasteiger charge is 2.37. The van der Waals surface area contributed by atoms with Crippen LogP contribution in [0.2, 0.25) is 0 Å². The second kappa shape index (κ2) is 9.22. The molecule has 0 saturated carbocycles. The predicted octanol–water partition coefficient (Wildman–Crippen LogP) is 5.15. The molecule has 0 aliphatic heterocycles. The Morgan fingerprint density at radius 3 is 2.63 bits per heavy atom. The Kier molecular flexibility index (Phi) is 6.31. The van der Waals surface area contributed by atoms with Crippen LogP contribution in [0.15, 0.2) is 72.6 Å². The fourth-order valence-electron chi connectivity index (χ4n) is 4.10. The molecule has 2 aromatic heterocycles. The minimum atomic E-state index is -4.41. The van der Waals surface area contributed by atoms with Gasteiger partial charge in [0.25, 0.3) is 5.91 Å². The molecular weight excluding hydrogens is 457 g/mol. The van der Waals surface area contributed by atoms with Gasteiger partial charge in [0.05, 0.1) is 28.9 Å². The van der Waals surface area contributed by atoms with Gasteiger partial charge < -0.3 is 9.69 Å². The van der Waals surface area contributed by atoms with Gasteiger partial charge in [-0.15, -0.1) is 0 Å². The number of benzene rings is 1. The molecule has 0 bridgehead atoms. The second-order valence-electron chi connectivity index (χ2n) is 8.49. The molecule has 0 saturated heterocycles. The molecule has 0 fully saturated rings. The largest absolute Gasteiger partial charge is 0.416 e. The van der Waals surface area contributed by atoms with Gasteiger partial charge in [0.2, 0.25) is 0 Å². The number of rotatable bonds is 6. The summed E-state index contributed by atoms with van der Waals surface area (Å²) in [6.07, 6.45) is 3.57. The number of carbonyl (C=O) groups excluding carboxylic acids is 2. The summed E-state index contributed by atoms with van der Waals surface area (Å²) in [6.45, 7) is 1.97. The van der Waals surface area contributed by atoms with E-state index in [1.54, 1.807) is 53.3 Å². The van der Waals surface area contributed by atoms with Crippen LogP contribution in [-0.2, 0) is 10.2 Å². The summed E-state index contributed by atoms with van der Waals surface area (Å²) in [5.41, 5.74) is 1.19. The first-order valence-corrected chi connectivity index (χ1v) is 10.9. The van der Waals surface area contributed by atoms with Gasteiger partial charge in [0.15, 0.2) is 0 Å². The fourth-order valence-corrected chi connectivity index (χ4v) is 4.10. The molecule has 4 rings (SSSR count). The third-order valence-electron chi connectivity index (χ3n) is 6.11. The van der Waals surface area contributed by atoms with Crippen LogP contribution in [0, 0.1) is 11.3 Å². The van der Waals surface area contributed by atoms with Crippen molar-refractivity contribution in [3.05, 3.63) is 89.3 Å². The zero-order valence-electron chi connectivity index (χ0n) is 18.8. The van der Waals surface area contributed by atoms with E-state index in [4.69, 9.17) is 5.26 Å². The normalized spacial score (nSPS) is 17.6. The van der Waals surface area contributed by atoms with E-state index in [0.29, 0.717) is 27.9 Å². The maximum atomic E-state index is 13.5. The molecule has 0 spiro atoms. The topological polar surface area (TPSA) is 78.5 Å². The van der Waals surface area contributed by atoms with Crippen LogP contribution in [0.1, 0.15) is 41.3 Å². The molecule has 6 nitrogen and oxygen atoms in total. The van der Waals surface area contributed by atoms with E-state index < -0.39 is 17.2 Å². The average Bonchev–Trinajstić information content (AvgIpc) is 3.28. The standard InChI is InChI=1S/C26H21F3N4O2/c1-25(10-7-20(8-11-25)26(27,28)29)22-17-31-33-13-9-19(15-23(22)33)24(35)32(12-2-14-34)21-5-3-18(16-30)4-6-21/h3-10,13-15,17H,2,11-12H2,1H3. The Morgan fingerprint density at radius 2 is 2.03 bits per heavy atom. The van der Waals surface area contributed by atoms with Gasteiger partial charge in [-0.05, 0) is 42.8 Å². The van der Waals surface area contributed by atoms with Gasteiger partial charge in [-0.3, -0.25) is 4.79 Å². The van der Waals surface area contributed by atoms with Crippen LogP contribution in [0.3, 0.4) is 0 Å². The number of carbonyl (C=O) groups is 2. The van der Waals surface area contributed by atoms with Gasteiger partial charge in [0, 0.05) is 41.4 Å². The van der Waals surface area contributed by atoms with Crippen LogP contribution in [0.5, 0.6) is 0 Å². The number of hydrogen-bond acceptors (Lipinski definition) is 4. The molecule has 3 aromatic rings. The molecule has 2 heterocycles. The predicted molar refractivity (Wildman–Crippen MR) is 124 cm³/mol. The van der Waals surface area contributed by atoms with E-state index in [-0.39, 0.29) is 25.3 Å². The number of hydrogen-bond donors (Lipinski definition) is 0. The van der Waals surface area contributed by atoms with Crippen LogP contribution < -0.4 is 4.90 Å². The van der Waals surface area contributed by atoms with E-state index in [2.05, 4.69) is 5.10 Å². The molecule has 9 heteroatoms. The van der Waals surface area contributed by atoms with Gasteiger partial charge >= 0.3 is 6.18 Å². The van der Waals surface area contributed by atoms with Gasteiger partial charge in [-0.1, -0.05) is 25.2 Å². The molecule has 1 aromatic carbocycles. The number of allylic oxidation sites excluding steroid dienone is 4. The van der Waals surface area contributed by atoms with E-state index in [1.165, 1.54) is 17.1 Å². The van der Waals surface area contributed by atoms with Crippen molar-refractivity contribution in [1.29, 1.82) is 5.26 Å². The number of aldehydes is 1. The number of aromatic nitrogens is 2. The first-order chi connectivity index (χ1) is 16.7. The maximum absolute atomic E-state index is 13.5. The number of alkyl halides is 3. The zero-order valence-corrected chi connectivity index (χ0v) is 18.8. The first-order valence-electron chi connectivity index (χ1n) is 10.9. The van der Waals surface area contributed by atoms with Crippen molar-refractivity contribution in [1.82, 2.24) is 9.61 Å². The first kappa shape index (κ1) is 24.0. The van der Waals surface area contributed by atoms with Gasteiger partial charge in [-0.2, -0.15) is 23.5 Å². The van der Waals surface area contributed by atoms with Crippen molar-refractivity contribution in [2.24, 2.45) is 0 Å². The smallest absolute Gasteiger partial charge is 0.308 e. The Labute approximate surface area is 199 Å². The van der Waals surface area contributed by atoms with Crippen molar-refractivity contribution in [3.8, 4) is 6.07 Å². The number of pyridine rings is 1. The summed E-state index contributed by atoms with van der Waals surface area (Å²) in [6, 6.07) is 11.7. The number of nitrogens with zero attached hydrogens (tertiary/aromatic N) is 4. The lowest BCUT2D eigenvalue weighted by Crippen LogP contribution is -2.32. The van der Waals surface area contributed by atoms with E-state index >= 15 is 0 Å². The zero-order chi connectivity index (χ0) is 25.2. The fraction of sp³-hybridized carbons (Fsp3) is 0.231. The highest BCUT2D eigenvalue weighted by molar-refractivity contribution is 6.07. The monoisotopic (exact) mass is 478 g/mol. The molecule has 1 aliphatic rings. The van der Waals surface area contributed by atoms with Crippen LogP contribution in [0.4, 0.5) is 18.9 Å². The molecule has 1 amide bonds. The summed E-state index contributed by atoms with van der Waals surface area (Å²) in [7, 11) is 0. The summed E-state index contributed by atoms with van der Waals surface area (Å²) in [4.78, 5) is 25.9. The summed E-state index contributed by atoms with van der Waals surface area (Å²) in [5, 5.41) is 13.4. The third-order valence-corrected chi connectivity index (χ3v) is 6.11. The van der Waals surface area contributed by atoms with Crippen molar-refractivity contribution in [3.63, 3.8) is 0 Å². The number of nitriles is 1. The third kappa shape index (κ3) is 4.73. The van der Waals surface area contributed by atoms with Gasteiger partial charge in [0.1, 0.15) is 6.29 Å². The highest BCUT2D eigenvalue weighted by atomic mass is 19.4. The lowest BCUT2D eigenvalue weighted by atomic mass is 9.76. The average molecular weight is 478 g/mol. The number of amides is 1. The minimum absolute atomic E-state index is 0.128. The SMILES string of the molecule is CC1(c2cnn3ccc(C(=O)N(CCC=O)c4ccc(C#N)cc4)cc23)C=CC(C(F)(F)F)=CC1. The van der Waals surface area contributed by atoms with Crippen molar-refractivity contribution in [2.75, 3.05) is 11.4 Å². The lowest BCUT2D eigenvalue weighted by molar-refractivity contribution is -0.107. The molecule has 0 N–H and O–H groups in total. The summed E-state index contributed by atoms with van der Waals surface area (Å²) < 4.78 is 40.8. The van der Waals surface area contributed by atoms with Crippen LogP contribution in [0.25, 0.3) is 5.52 Å². The van der Waals surface area contributed by atoms with Crippen molar-refractivity contribution < 1.29 is 22.8 Å². The second-order valence-corrected chi connectivity index (χ2v) is 8.49. The Hall–Kier alpha value is -4.19. The molecule has 1 unspecified atom stereocenters. The Balaban J connectivity index is 1.69. The Bertz CT molecular complexity index is 1380. The minimum Gasteiger partial charge on any atom is -0.308 e. The van der Waals surface area contributed by atoms with Crippen LogP contribution >= 0.6 is 0 Å². The number of anilines is 1. The van der Waals surface area contributed by atoms with Crippen molar-refractivity contribution >= 4 is 23.4 Å². The summed E-state index contributed by atoms with van der Waals surface area (Å²) in [5.74, 6) is -0.352. The molecule has 35 heavy (non-hydrogen) atoms. The van der Waals surface area contributed by atoms with E-state index in [0.717, 1.165) is 12.4 Å². The molecule has 1 atom stereocenters. The molecule has 0 radical (unpaired) electrons. The number of fused-ring (bicyclic) bond motifs is 1. The van der Waals surface area contributed by atoms with Crippen molar-refractivity contribution in [2.45, 2.75) is 31.4 Å². The number of halogens is 3. The van der Waals surface area contributed by atoms with Gasteiger partial charge in [-0.25, -0.2) is 4.52 Å². The van der Waals surface area contributed by atoms with E-state index in [1.807, 2.05) is 13.0 Å². The highest BCUT2D eigenvalue weighted by Crippen LogP contribution is 2.39.